The van der Waals surface area contributed by atoms with Gasteiger partial charge in [0.15, 0.2) is 0 Å². The molecule has 0 radical (unpaired) electrons. The van der Waals surface area contributed by atoms with Crippen LogP contribution in [0.2, 0.25) is 0 Å². The number of benzene rings is 2. The third-order valence-electron chi connectivity index (χ3n) is 6.36. The molecule has 0 aliphatic carbocycles. The number of carbonyl (C=O) groups is 2. The summed E-state index contributed by atoms with van der Waals surface area (Å²) in [7, 11) is 1.66. The molecular formula is C26H34N2O4S. The Morgan fingerprint density at radius 1 is 1.12 bits per heavy atom. The normalized spacial score (nSPS) is 17.9. The van der Waals surface area contributed by atoms with E-state index in [0.717, 1.165) is 16.9 Å². The second kappa shape index (κ2) is 11.6. The number of rotatable bonds is 11. The van der Waals surface area contributed by atoms with Crippen LogP contribution in [0.15, 0.2) is 54.6 Å². The molecule has 1 saturated heterocycles. The van der Waals surface area contributed by atoms with Gasteiger partial charge >= 0.3 is 6.03 Å². The zero-order valence-electron chi connectivity index (χ0n) is 19.9. The van der Waals surface area contributed by atoms with E-state index in [-0.39, 0.29) is 23.4 Å². The molecule has 2 unspecified atom stereocenters. The second-order valence-corrected chi connectivity index (χ2v) is 9.43. The lowest BCUT2D eigenvalue weighted by Crippen LogP contribution is -2.70. The number of β-lactam (4-membered cyclic amide) rings is 1. The topological polar surface area (TPSA) is 67.9 Å². The number of imide groups is 1. The molecule has 1 N–H and O–H groups in total. The molecule has 2 aromatic rings. The number of ether oxygens (including phenoxy) is 2. The maximum Gasteiger partial charge on any atom is 0.325 e. The molecule has 0 saturated carbocycles. The van der Waals surface area contributed by atoms with E-state index >= 15 is 0 Å². The quantitative estimate of drug-likeness (QED) is 0.352. The van der Waals surface area contributed by atoms with Crippen LogP contribution in [0, 0.1) is 5.41 Å². The molecule has 0 aromatic heterocycles. The number of hydrogen-bond donors (Lipinski definition) is 1. The maximum absolute atomic E-state index is 13.2. The minimum absolute atomic E-state index is 0.0965. The molecule has 7 heteroatoms. The Kier molecular flexibility index (Phi) is 8.80. The summed E-state index contributed by atoms with van der Waals surface area (Å²) >= 11 is 1.61. The van der Waals surface area contributed by atoms with E-state index in [1.165, 1.54) is 4.90 Å². The van der Waals surface area contributed by atoms with Gasteiger partial charge in [0.1, 0.15) is 17.7 Å². The van der Waals surface area contributed by atoms with Crippen molar-refractivity contribution >= 4 is 23.7 Å². The van der Waals surface area contributed by atoms with Gasteiger partial charge in [0, 0.05) is 18.4 Å². The molecule has 2 atom stereocenters. The van der Waals surface area contributed by atoms with Crippen LogP contribution in [-0.4, -0.2) is 41.7 Å². The van der Waals surface area contributed by atoms with Gasteiger partial charge < -0.3 is 14.8 Å². The summed E-state index contributed by atoms with van der Waals surface area (Å²) in [5.41, 5.74) is 1.45. The minimum atomic E-state index is -0.490. The highest BCUT2D eigenvalue weighted by Gasteiger charge is 2.60. The fourth-order valence-electron chi connectivity index (χ4n) is 4.25. The average Bonchev–Trinajstić information content (AvgIpc) is 2.84. The lowest BCUT2D eigenvalue weighted by molar-refractivity contribution is -0.158. The molecule has 6 nitrogen and oxygen atoms in total. The fraction of sp³-hybridized carbons (Fsp3) is 0.462. The zero-order chi connectivity index (χ0) is 23.8. The van der Waals surface area contributed by atoms with Gasteiger partial charge in [-0.15, -0.1) is 11.8 Å². The SMILES string of the molecule is CCC1(CC)C(=O)N(C(=O)NC(C)c2ccccc2OCc2ccccc2)C1SCCOC. The number of likely N-dealkylation sites (tertiary alicyclic amines) is 1. The second-order valence-electron chi connectivity index (χ2n) is 8.24. The first-order valence-corrected chi connectivity index (χ1v) is 12.5. The predicted molar refractivity (Wildman–Crippen MR) is 132 cm³/mol. The van der Waals surface area contributed by atoms with Crippen LogP contribution in [0.1, 0.15) is 50.8 Å². The lowest BCUT2D eigenvalue weighted by Gasteiger charge is -2.54. The van der Waals surface area contributed by atoms with Crippen molar-refractivity contribution in [2.24, 2.45) is 5.41 Å². The minimum Gasteiger partial charge on any atom is -0.489 e. The Hall–Kier alpha value is -2.51. The van der Waals surface area contributed by atoms with Gasteiger partial charge in [-0.3, -0.25) is 4.79 Å². The van der Waals surface area contributed by atoms with Crippen molar-refractivity contribution < 1.29 is 19.1 Å². The van der Waals surface area contributed by atoms with Gasteiger partial charge in [0.2, 0.25) is 5.91 Å². The highest BCUT2D eigenvalue weighted by Crippen LogP contribution is 2.50. The Bertz CT molecular complexity index is 933. The smallest absolute Gasteiger partial charge is 0.325 e. The van der Waals surface area contributed by atoms with Gasteiger partial charge in [-0.1, -0.05) is 62.4 Å². The highest BCUT2D eigenvalue weighted by molar-refractivity contribution is 8.00. The van der Waals surface area contributed by atoms with Crippen LogP contribution >= 0.6 is 11.8 Å². The first kappa shape index (κ1) is 25.1. The first-order chi connectivity index (χ1) is 16.0. The molecule has 33 heavy (non-hydrogen) atoms. The van der Waals surface area contributed by atoms with E-state index in [4.69, 9.17) is 9.47 Å². The monoisotopic (exact) mass is 470 g/mol. The standard InChI is InChI=1S/C26H34N2O4S/c1-5-26(6-2)23(29)28(24(26)33-17-16-31-4)25(30)27-19(3)21-14-10-11-15-22(21)32-18-20-12-8-7-9-13-20/h7-15,19,24H,5-6,16-18H2,1-4H3,(H,27,30). The highest BCUT2D eigenvalue weighted by atomic mass is 32.2. The van der Waals surface area contributed by atoms with E-state index in [9.17, 15) is 9.59 Å². The van der Waals surface area contributed by atoms with E-state index in [1.54, 1.807) is 18.9 Å². The van der Waals surface area contributed by atoms with Crippen LogP contribution in [0.3, 0.4) is 0 Å². The van der Waals surface area contributed by atoms with E-state index < -0.39 is 5.41 Å². The third kappa shape index (κ3) is 5.36. The lowest BCUT2D eigenvalue weighted by atomic mass is 9.73. The van der Waals surface area contributed by atoms with E-state index in [1.807, 2.05) is 75.4 Å². The van der Waals surface area contributed by atoms with E-state index in [0.29, 0.717) is 31.8 Å². The van der Waals surface area contributed by atoms with Crippen molar-refractivity contribution in [3.05, 3.63) is 65.7 Å². The Morgan fingerprint density at radius 2 is 1.79 bits per heavy atom. The summed E-state index contributed by atoms with van der Waals surface area (Å²) in [5, 5.41) is 2.83. The van der Waals surface area contributed by atoms with Gasteiger partial charge in [0.25, 0.3) is 0 Å². The molecule has 0 spiro atoms. The molecule has 0 bridgehead atoms. The number of urea groups is 1. The van der Waals surface area contributed by atoms with Crippen LogP contribution < -0.4 is 10.1 Å². The molecule has 1 aliphatic rings. The van der Waals surface area contributed by atoms with Crippen molar-refractivity contribution in [3.8, 4) is 5.75 Å². The molecule has 3 amide bonds. The van der Waals surface area contributed by atoms with Crippen molar-refractivity contribution in [2.75, 3.05) is 19.5 Å². The van der Waals surface area contributed by atoms with Gasteiger partial charge in [0.05, 0.1) is 18.1 Å². The number of nitrogens with zero attached hydrogens (tertiary/aromatic N) is 1. The largest absolute Gasteiger partial charge is 0.489 e. The van der Waals surface area contributed by atoms with E-state index in [2.05, 4.69) is 5.32 Å². The molecule has 3 rings (SSSR count). The van der Waals surface area contributed by atoms with Gasteiger partial charge in [-0.25, -0.2) is 9.69 Å². The van der Waals surface area contributed by atoms with Crippen LogP contribution in [-0.2, 0) is 16.1 Å². The van der Waals surface area contributed by atoms with Crippen molar-refractivity contribution in [1.29, 1.82) is 0 Å². The number of hydrogen-bond acceptors (Lipinski definition) is 5. The maximum atomic E-state index is 13.2. The number of amides is 3. The van der Waals surface area contributed by atoms with Crippen LogP contribution in [0.5, 0.6) is 5.75 Å². The van der Waals surface area contributed by atoms with Crippen molar-refractivity contribution in [2.45, 2.75) is 51.6 Å². The summed E-state index contributed by atoms with van der Waals surface area (Å²) in [4.78, 5) is 27.6. The molecule has 2 aromatic carbocycles. The Labute approximate surface area is 201 Å². The summed E-state index contributed by atoms with van der Waals surface area (Å²) in [5.74, 6) is 1.35. The number of carbonyl (C=O) groups excluding carboxylic acids is 2. The van der Waals surface area contributed by atoms with Gasteiger partial charge in [-0.05, 0) is 31.4 Å². The first-order valence-electron chi connectivity index (χ1n) is 11.5. The molecule has 1 fully saturated rings. The number of methoxy groups -OCH3 is 1. The predicted octanol–water partition coefficient (Wildman–Crippen LogP) is 5.39. The Balaban J connectivity index is 1.70. The average molecular weight is 471 g/mol. The summed E-state index contributed by atoms with van der Waals surface area (Å²) in [6.07, 6.45) is 1.42. The zero-order valence-corrected chi connectivity index (χ0v) is 20.7. The van der Waals surface area contributed by atoms with Crippen molar-refractivity contribution in [1.82, 2.24) is 10.2 Å². The number of para-hydroxylation sites is 1. The summed E-state index contributed by atoms with van der Waals surface area (Å²) in [6.45, 7) is 6.97. The van der Waals surface area contributed by atoms with Gasteiger partial charge in [-0.2, -0.15) is 0 Å². The third-order valence-corrected chi connectivity index (χ3v) is 7.74. The molecule has 1 heterocycles. The number of thioether (sulfide) groups is 1. The van der Waals surface area contributed by atoms with Crippen LogP contribution in [0.4, 0.5) is 4.79 Å². The molecular weight excluding hydrogens is 436 g/mol. The molecule has 1 aliphatic heterocycles. The summed E-state index contributed by atoms with van der Waals surface area (Å²) in [6, 6.07) is 16.9. The van der Waals surface area contributed by atoms with Crippen molar-refractivity contribution in [3.63, 3.8) is 0 Å². The fourth-order valence-corrected chi connectivity index (χ4v) is 5.83. The van der Waals surface area contributed by atoms with Crippen LogP contribution in [0.25, 0.3) is 0 Å². The number of nitrogens with one attached hydrogen (secondary N) is 1. The molecule has 178 valence electrons. The summed E-state index contributed by atoms with van der Waals surface area (Å²) < 4.78 is 11.2. The Morgan fingerprint density at radius 3 is 2.45 bits per heavy atom.